The minimum absolute atomic E-state index is 0.0664. The largest absolute Gasteiger partial charge is 0.444 e. The maximum Gasteiger partial charge on any atom is 0.417 e. The Balaban J connectivity index is 1.51. The first-order chi connectivity index (χ1) is 20.0. The third-order valence-corrected chi connectivity index (χ3v) is 7.10. The standard InChI is InChI=1S/C30H21ClF4N2O4S/c31-24-15-14-21(16-23(24)30(33,34)35)37-28(39)27(18-6-2-1-3-7-18)41-29(40)22-8-4-5-9-25(22)42-17-26(38)36-20-12-10-19(32)11-13-20/h1-16,27H,17H2,(H,36,38)(H,37,39)/t27-/m1/s1. The van der Waals surface area contributed by atoms with E-state index in [1.165, 1.54) is 48.5 Å². The molecule has 12 heteroatoms. The minimum atomic E-state index is -4.75. The first-order valence-electron chi connectivity index (χ1n) is 12.2. The van der Waals surface area contributed by atoms with Crippen LogP contribution in [0.25, 0.3) is 0 Å². The van der Waals surface area contributed by atoms with Gasteiger partial charge in [0.05, 0.1) is 21.9 Å². The number of thioether (sulfide) groups is 1. The highest BCUT2D eigenvalue weighted by Crippen LogP contribution is 2.36. The van der Waals surface area contributed by atoms with Gasteiger partial charge in [0.1, 0.15) is 5.82 Å². The Kier molecular flexibility index (Phi) is 9.87. The maximum absolute atomic E-state index is 13.3. The van der Waals surface area contributed by atoms with Gasteiger partial charge >= 0.3 is 12.1 Å². The van der Waals surface area contributed by atoms with Crippen molar-refractivity contribution in [2.45, 2.75) is 17.2 Å². The van der Waals surface area contributed by atoms with Crippen LogP contribution in [-0.4, -0.2) is 23.5 Å². The lowest BCUT2D eigenvalue weighted by Gasteiger charge is -2.19. The monoisotopic (exact) mass is 616 g/mol. The van der Waals surface area contributed by atoms with Gasteiger partial charge in [-0.25, -0.2) is 9.18 Å². The van der Waals surface area contributed by atoms with Gasteiger partial charge < -0.3 is 15.4 Å². The number of benzene rings is 4. The molecule has 0 spiro atoms. The highest BCUT2D eigenvalue weighted by molar-refractivity contribution is 8.00. The minimum Gasteiger partial charge on any atom is -0.444 e. The van der Waals surface area contributed by atoms with Crippen molar-refractivity contribution in [3.63, 3.8) is 0 Å². The van der Waals surface area contributed by atoms with Crippen LogP contribution < -0.4 is 10.6 Å². The summed E-state index contributed by atoms with van der Waals surface area (Å²) in [4.78, 5) is 39.3. The highest BCUT2D eigenvalue weighted by atomic mass is 35.5. The van der Waals surface area contributed by atoms with Crippen LogP contribution in [0.15, 0.2) is 102 Å². The second-order valence-corrected chi connectivity index (χ2v) is 10.1. The summed E-state index contributed by atoms with van der Waals surface area (Å²) in [5.41, 5.74) is -0.593. The van der Waals surface area contributed by atoms with Gasteiger partial charge in [0, 0.05) is 21.8 Å². The number of amides is 2. The fourth-order valence-electron chi connectivity index (χ4n) is 3.73. The van der Waals surface area contributed by atoms with Crippen molar-refractivity contribution in [2.24, 2.45) is 0 Å². The van der Waals surface area contributed by atoms with Crippen molar-refractivity contribution in [1.29, 1.82) is 0 Å². The van der Waals surface area contributed by atoms with E-state index in [9.17, 15) is 31.9 Å². The molecule has 6 nitrogen and oxygen atoms in total. The number of nitrogens with one attached hydrogen (secondary N) is 2. The van der Waals surface area contributed by atoms with E-state index < -0.39 is 46.5 Å². The van der Waals surface area contributed by atoms with Crippen molar-refractivity contribution in [3.05, 3.63) is 125 Å². The van der Waals surface area contributed by atoms with Gasteiger partial charge in [-0.2, -0.15) is 13.2 Å². The molecule has 4 rings (SSSR count). The number of esters is 1. The van der Waals surface area contributed by atoms with Crippen LogP contribution in [0.2, 0.25) is 5.02 Å². The molecular weight excluding hydrogens is 596 g/mol. The SMILES string of the molecule is O=C(CSc1ccccc1C(=O)O[C@@H](C(=O)Nc1ccc(Cl)c(C(F)(F)F)c1)c1ccccc1)Nc1ccc(F)cc1. The molecule has 0 aromatic heterocycles. The zero-order valence-electron chi connectivity index (χ0n) is 21.5. The Morgan fingerprint density at radius 1 is 0.833 bits per heavy atom. The highest BCUT2D eigenvalue weighted by Gasteiger charge is 2.34. The fraction of sp³-hybridized carbons (Fsp3) is 0.100. The van der Waals surface area contributed by atoms with E-state index in [2.05, 4.69) is 10.6 Å². The van der Waals surface area contributed by atoms with E-state index in [4.69, 9.17) is 16.3 Å². The molecular formula is C30H21ClF4N2O4S. The van der Waals surface area contributed by atoms with Gasteiger partial charge in [-0.3, -0.25) is 9.59 Å². The average Bonchev–Trinajstić information content (AvgIpc) is 2.97. The Labute approximate surface area is 247 Å². The van der Waals surface area contributed by atoms with E-state index >= 15 is 0 Å². The number of carbonyl (C=O) groups is 3. The summed E-state index contributed by atoms with van der Waals surface area (Å²) in [5, 5.41) is 4.45. The second-order valence-electron chi connectivity index (χ2n) is 8.72. The van der Waals surface area contributed by atoms with Crippen molar-refractivity contribution >= 4 is 52.5 Å². The zero-order chi connectivity index (χ0) is 30.3. The summed E-state index contributed by atoms with van der Waals surface area (Å²) in [7, 11) is 0. The fourth-order valence-corrected chi connectivity index (χ4v) is 4.80. The topological polar surface area (TPSA) is 84.5 Å². The Morgan fingerprint density at radius 2 is 1.48 bits per heavy atom. The van der Waals surface area contributed by atoms with Gasteiger partial charge in [0.25, 0.3) is 5.91 Å². The van der Waals surface area contributed by atoms with Crippen LogP contribution in [-0.2, 0) is 20.5 Å². The maximum atomic E-state index is 13.3. The quantitative estimate of drug-likeness (QED) is 0.114. The Morgan fingerprint density at radius 3 is 2.17 bits per heavy atom. The van der Waals surface area contributed by atoms with Crippen LogP contribution >= 0.6 is 23.4 Å². The molecule has 1 atom stereocenters. The van der Waals surface area contributed by atoms with Crippen molar-refractivity contribution < 1.29 is 36.7 Å². The predicted molar refractivity (Wildman–Crippen MR) is 152 cm³/mol. The molecule has 0 heterocycles. The van der Waals surface area contributed by atoms with Crippen molar-refractivity contribution in [1.82, 2.24) is 0 Å². The molecule has 0 unspecified atom stereocenters. The van der Waals surface area contributed by atoms with Crippen LogP contribution in [0.5, 0.6) is 0 Å². The molecule has 0 saturated carbocycles. The normalized spacial score (nSPS) is 11.8. The van der Waals surface area contributed by atoms with E-state index in [-0.39, 0.29) is 22.6 Å². The summed E-state index contributed by atoms with van der Waals surface area (Å²) < 4.78 is 58.6. The number of anilines is 2. The van der Waals surface area contributed by atoms with Crippen molar-refractivity contribution in [3.8, 4) is 0 Å². The molecule has 0 aliphatic carbocycles. The Hall–Kier alpha value is -4.35. The predicted octanol–water partition coefficient (Wildman–Crippen LogP) is 7.77. The number of halogens is 5. The molecule has 0 saturated heterocycles. The number of rotatable bonds is 9. The molecule has 4 aromatic rings. The summed E-state index contributed by atoms with van der Waals surface area (Å²) >= 11 is 6.71. The zero-order valence-corrected chi connectivity index (χ0v) is 23.0. The molecule has 0 fully saturated rings. The third kappa shape index (κ3) is 8.11. The van der Waals surface area contributed by atoms with Gasteiger partial charge in [-0.05, 0) is 54.6 Å². The first-order valence-corrected chi connectivity index (χ1v) is 13.6. The molecule has 2 N–H and O–H groups in total. The molecule has 216 valence electrons. The van der Waals surface area contributed by atoms with E-state index in [0.29, 0.717) is 16.6 Å². The number of alkyl halides is 3. The lowest BCUT2D eigenvalue weighted by Crippen LogP contribution is -2.26. The third-order valence-electron chi connectivity index (χ3n) is 5.70. The van der Waals surface area contributed by atoms with Gasteiger partial charge in [-0.1, -0.05) is 54.1 Å². The molecule has 0 radical (unpaired) electrons. The summed E-state index contributed by atoms with van der Waals surface area (Å²) in [6.45, 7) is 0. The lowest BCUT2D eigenvalue weighted by molar-refractivity contribution is -0.137. The van der Waals surface area contributed by atoms with E-state index in [0.717, 1.165) is 17.8 Å². The summed E-state index contributed by atoms with van der Waals surface area (Å²) in [6, 6.07) is 22.3. The van der Waals surface area contributed by atoms with Gasteiger partial charge in [0.15, 0.2) is 0 Å². The van der Waals surface area contributed by atoms with Crippen LogP contribution in [0.3, 0.4) is 0 Å². The van der Waals surface area contributed by atoms with E-state index in [1.807, 2.05) is 0 Å². The molecule has 4 aromatic carbocycles. The van der Waals surface area contributed by atoms with E-state index in [1.54, 1.807) is 36.4 Å². The number of carbonyl (C=O) groups excluding carboxylic acids is 3. The van der Waals surface area contributed by atoms with Crippen molar-refractivity contribution in [2.75, 3.05) is 16.4 Å². The van der Waals surface area contributed by atoms with Crippen LogP contribution in [0.1, 0.15) is 27.6 Å². The summed E-state index contributed by atoms with van der Waals surface area (Å²) in [6.07, 6.45) is -6.27. The molecule has 2 amide bonds. The van der Waals surface area contributed by atoms with Gasteiger partial charge in [-0.15, -0.1) is 11.8 Å². The Bertz CT molecular complexity index is 1580. The summed E-state index contributed by atoms with van der Waals surface area (Å²) in [5.74, 6) is -2.74. The number of hydrogen-bond donors (Lipinski definition) is 2. The average molecular weight is 617 g/mol. The second kappa shape index (κ2) is 13.5. The molecule has 0 aliphatic heterocycles. The van der Waals surface area contributed by atoms with Gasteiger partial charge in [0.2, 0.25) is 12.0 Å². The molecule has 42 heavy (non-hydrogen) atoms. The van der Waals surface area contributed by atoms with Crippen LogP contribution in [0, 0.1) is 5.82 Å². The molecule has 0 aliphatic rings. The number of ether oxygens (including phenoxy) is 1. The van der Waals surface area contributed by atoms with Crippen LogP contribution in [0.4, 0.5) is 28.9 Å². The smallest absolute Gasteiger partial charge is 0.417 e. The molecule has 0 bridgehead atoms. The number of hydrogen-bond acceptors (Lipinski definition) is 5. The first kappa shape index (κ1) is 30.6. The lowest BCUT2D eigenvalue weighted by atomic mass is 10.1.